The van der Waals surface area contributed by atoms with Crippen molar-refractivity contribution >= 4 is 15.0 Å². The van der Waals surface area contributed by atoms with E-state index >= 15 is 0 Å². The average molecular weight is 496 g/mol. The van der Waals surface area contributed by atoms with Gasteiger partial charge in [-0.15, -0.1) is 0 Å². The van der Waals surface area contributed by atoms with Crippen molar-refractivity contribution in [1.82, 2.24) is 0 Å². The van der Waals surface area contributed by atoms with Gasteiger partial charge in [0.25, 0.3) is 0 Å². The molecule has 0 aliphatic heterocycles. The summed E-state index contributed by atoms with van der Waals surface area (Å²) in [5.41, 5.74) is 0. The number of hydrogen-bond donors (Lipinski definition) is 2. The molecule has 1 atom stereocenters. The van der Waals surface area contributed by atoms with Crippen molar-refractivity contribution in [2.45, 2.75) is 0 Å². The van der Waals surface area contributed by atoms with E-state index in [-0.39, 0.29) is 0 Å². The summed E-state index contributed by atoms with van der Waals surface area (Å²) in [5, 5.41) is 81.3. The lowest BCUT2D eigenvalue weighted by molar-refractivity contribution is -0.862. The maximum atomic E-state index is 11.5. The molecule has 0 bridgehead atoms. The van der Waals surface area contributed by atoms with Crippen LogP contribution in [-0.2, 0) is 119 Å². The van der Waals surface area contributed by atoms with Gasteiger partial charge in [0.1, 0.15) is 0 Å². The summed E-state index contributed by atoms with van der Waals surface area (Å²) in [6.07, 6.45) is 0. The third-order valence-corrected chi connectivity index (χ3v) is 3.45. The van der Waals surface area contributed by atoms with E-state index in [9.17, 15) is 14.0 Å². The minimum absolute atomic E-state index is 2.85. The minimum atomic E-state index is -5.29. The quantitative estimate of drug-likeness (QED) is 0.0726. The second-order valence-electron chi connectivity index (χ2n) is 2.23. The summed E-state index contributed by atoms with van der Waals surface area (Å²) in [4.78, 5) is 10.7. The molecule has 29 heteroatoms. The van der Waals surface area contributed by atoms with E-state index in [1.54, 1.807) is 0 Å². The summed E-state index contributed by atoms with van der Waals surface area (Å²) in [5.74, 6) is 0. The van der Waals surface area contributed by atoms with Gasteiger partial charge in [0.15, 0.2) is 0 Å². The molecule has 2 N–H and O–H groups in total. The molecule has 0 rings (SSSR count). The first-order valence-electron chi connectivity index (χ1n) is 4.81. The van der Waals surface area contributed by atoms with E-state index < -0.39 is 15.0 Å². The van der Waals surface area contributed by atoms with Gasteiger partial charge in [0, 0.05) is 0 Å². The first kappa shape index (κ1) is 28.3. The van der Waals surface area contributed by atoms with Gasteiger partial charge >= 0.3 is 15.0 Å². The topological polar surface area (TPSA) is 301 Å². The van der Waals surface area contributed by atoms with Gasteiger partial charge in [-0.2, -0.15) is 0 Å². The smallest absolute Gasteiger partial charge is 0.587 e. The Balaban J connectivity index is 3.67. The molecule has 0 aliphatic carbocycles. The molecule has 0 radical (unpaired) electrons. The number of hydrogen-bond acceptors (Lipinski definition) is 27. The Morgan fingerprint density at radius 1 is 0.517 bits per heavy atom. The van der Waals surface area contributed by atoms with E-state index in [0.717, 1.165) is 0 Å². The van der Waals surface area contributed by atoms with E-state index in [2.05, 4.69) is 110 Å². The Morgan fingerprint density at radius 3 is 1.00 bits per heavy atom. The van der Waals surface area contributed by atoms with Gasteiger partial charge in [0.05, 0.1) is 0 Å². The Labute approximate surface area is 151 Å². The second kappa shape index (κ2) is 20.6. The fourth-order valence-electron chi connectivity index (χ4n) is 0.352. The molecule has 0 aromatic carbocycles. The first-order chi connectivity index (χ1) is 14.1. The Morgan fingerprint density at radius 2 is 0.759 bits per heavy atom. The van der Waals surface area contributed by atoms with E-state index in [1.807, 2.05) is 0 Å². The van der Waals surface area contributed by atoms with Crippen LogP contribution < -0.4 is 4.89 Å². The van der Waals surface area contributed by atoms with Crippen LogP contribution in [0.1, 0.15) is 0 Å². The molecule has 0 saturated heterocycles. The molecular formula is H2O27P2. The van der Waals surface area contributed by atoms with Gasteiger partial charge in [-0.3, -0.25) is 0 Å². The van der Waals surface area contributed by atoms with Crippen LogP contribution in [0.15, 0.2) is 0 Å². The standard InChI is InChI=1S/H2O27P2/c1-6-8-10-12-14-16-18-20-22-24-26-29(5,28(3)4)27-25-23-21-19-17-15-13-11-9-7-2/h1-2H. The third-order valence-electron chi connectivity index (χ3n) is 0.955. The zero-order valence-corrected chi connectivity index (χ0v) is 13.8. The summed E-state index contributed by atoms with van der Waals surface area (Å²) in [7, 11) is -9.38. The monoisotopic (exact) mass is 496 g/mol. The fourth-order valence-corrected chi connectivity index (χ4v) is 1.18. The van der Waals surface area contributed by atoms with Crippen LogP contribution in [0.4, 0.5) is 0 Å². The molecule has 0 saturated carbocycles. The third kappa shape index (κ3) is 17.9. The van der Waals surface area contributed by atoms with E-state index in [1.165, 1.54) is 0 Å². The van der Waals surface area contributed by atoms with E-state index in [0.29, 0.717) is 0 Å². The van der Waals surface area contributed by atoms with Crippen molar-refractivity contribution in [3.8, 4) is 0 Å². The van der Waals surface area contributed by atoms with Gasteiger partial charge < -0.3 is 4.89 Å². The Kier molecular flexibility index (Phi) is 20.1. The lowest BCUT2D eigenvalue weighted by atomic mass is 14.1. The summed E-state index contributed by atoms with van der Waals surface area (Å²) < 4.78 is 29.3. The molecule has 0 amide bonds. The molecule has 0 fully saturated rings. The molecule has 27 nitrogen and oxygen atoms in total. The highest BCUT2D eigenvalue weighted by Gasteiger charge is 2.47. The molecule has 29 heavy (non-hydrogen) atoms. The van der Waals surface area contributed by atoms with Crippen molar-refractivity contribution in [3.05, 3.63) is 0 Å². The molecule has 0 spiro atoms. The Hall–Kier alpha value is -0.670. The molecule has 0 aliphatic rings. The molecule has 0 aromatic heterocycles. The first-order valence-corrected chi connectivity index (χ1v) is 8.24. The van der Waals surface area contributed by atoms with Crippen molar-refractivity contribution in [2.24, 2.45) is 0 Å². The summed E-state index contributed by atoms with van der Waals surface area (Å²) in [6, 6.07) is 0. The lowest BCUT2D eigenvalue weighted by Crippen LogP contribution is -2.05. The van der Waals surface area contributed by atoms with Crippen LogP contribution in [0.5, 0.6) is 0 Å². The summed E-state index contributed by atoms with van der Waals surface area (Å²) >= 11 is 0. The summed E-state index contributed by atoms with van der Waals surface area (Å²) in [6.45, 7) is 0. The maximum Gasteiger partial charge on any atom is 0.626 e. The van der Waals surface area contributed by atoms with Crippen LogP contribution in [0.2, 0.25) is 0 Å². The van der Waals surface area contributed by atoms with Crippen LogP contribution in [0.25, 0.3) is 0 Å². The van der Waals surface area contributed by atoms with Crippen molar-refractivity contribution in [1.29, 1.82) is 0 Å². The second-order valence-corrected chi connectivity index (χ2v) is 6.39. The van der Waals surface area contributed by atoms with Crippen molar-refractivity contribution < 1.29 is 135 Å². The van der Waals surface area contributed by atoms with Crippen molar-refractivity contribution in [2.75, 3.05) is 0 Å². The highest BCUT2D eigenvalue weighted by molar-refractivity contribution is 8.20. The van der Waals surface area contributed by atoms with Crippen molar-refractivity contribution in [3.63, 3.8) is 0 Å². The number of rotatable bonds is 23. The highest BCUT2D eigenvalue weighted by atomic mass is 32.1. The predicted molar refractivity (Wildman–Crippen MR) is 44.3 cm³/mol. The average Bonchev–Trinajstić information content (AvgIpc) is 2.70. The molecule has 1 unspecified atom stereocenters. The van der Waals surface area contributed by atoms with Gasteiger partial charge in [-0.1, -0.05) is 13.9 Å². The zero-order valence-electron chi connectivity index (χ0n) is 12.0. The van der Waals surface area contributed by atoms with Gasteiger partial charge in [-0.05, 0) is 101 Å². The molecule has 0 aromatic rings. The van der Waals surface area contributed by atoms with Crippen LogP contribution >= 0.6 is 15.0 Å². The predicted octanol–water partition coefficient (Wildman–Crippen LogP) is -1.19. The van der Waals surface area contributed by atoms with Crippen LogP contribution in [-0.4, -0.2) is 10.5 Å². The minimum Gasteiger partial charge on any atom is -0.587 e. The van der Waals surface area contributed by atoms with E-state index in [4.69, 9.17) is 10.5 Å². The molecule has 174 valence electrons. The SMILES string of the molecule is O=[P+]([O-])P(=O)(OOOOOOOOOOOO)OOOOOOOOOOOO. The lowest BCUT2D eigenvalue weighted by Gasteiger charge is -2.04. The van der Waals surface area contributed by atoms with Gasteiger partial charge in [0.2, 0.25) is 0 Å². The van der Waals surface area contributed by atoms with Gasteiger partial charge in [-0.25, -0.2) is 15.1 Å². The normalized spacial score (nSPS) is 12.4. The van der Waals surface area contributed by atoms with Crippen LogP contribution in [0, 0.1) is 0 Å². The van der Waals surface area contributed by atoms with Crippen LogP contribution in [0.3, 0.4) is 0 Å². The maximum absolute atomic E-state index is 11.5. The Bertz CT molecular complexity index is 371. The molecular weight excluding hydrogens is 494 g/mol. The highest BCUT2D eigenvalue weighted by Crippen LogP contribution is 2.66. The largest absolute Gasteiger partial charge is 0.626 e. The molecule has 0 heterocycles. The fraction of sp³-hybridized carbons (Fsp3) is 0. The zero-order chi connectivity index (χ0) is 21.6.